The van der Waals surface area contributed by atoms with Crippen molar-refractivity contribution in [1.82, 2.24) is 15.1 Å². The molecule has 1 aromatic heterocycles. The van der Waals surface area contributed by atoms with Crippen LogP contribution in [0, 0.1) is 13.8 Å². The highest BCUT2D eigenvalue weighted by molar-refractivity contribution is 5.48. The van der Waals surface area contributed by atoms with Crippen molar-refractivity contribution in [3.05, 3.63) is 86.7 Å². The molecule has 1 aliphatic rings. The minimum atomic E-state index is 0.147. The zero-order valence-electron chi connectivity index (χ0n) is 21.9. The van der Waals surface area contributed by atoms with Crippen LogP contribution in [0.1, 0.15) is 84.1 Å². The first-order chi connectivity index (χ1) is 16.5. The third-order valence-corrected chi connectivity index (χ3v) is 7.50. The molecule has 1 N–H and O–H groups in total. The lowest BCUT2D eigenvalue weighted by molar-refractivity contribution is 0.0387. The van der Waals surface area contributed by atoms with Crippen molar-refractivity contribution in [3.8, 4) is 0 Å². The number of aromatic amines is 1. The van der Waals surface area contributed by atoms with Gasteiger partial charge in [0, 0.05) is 30.5 Å². The molecular formula is C30H41N3O. The van der Waals surface area contributed by atoms with Gasteiger partial charge in [0.05, 0.1) is 18.3 Å². The maximum atomic E-state index is 6.07. The molecule has 2 aromatic carbocycles. The molecule has 0 spiro atoms. The molecule has 0 saturated carbocycles. The summed E-state index contributed by atoms with van der Waals surface area (Å²) in [6.07, 6.45) is 3.94. The second-order valence-electron chi connectivity index (χ2n) is 9.63. The summed E-state index contributed by atoms with van der Waals surface area (Å²) in [6, 6.07) is 14.2. The zero-order chi connectivity index (χ0) is 24.2. The summed E-state index contributed by atoms with van der Waals surface area (Å²) < 4.78 is 6.07. The maximum absolute atomic E-state index is 6.07. The van der Waals surface area contributed by atoms with E-state index in [1.807, 2.05) is 0 Å². The first-order valence-corrected chi connectivity index (χ1v) is 13.1. The number of aromatic nitrogens is 2. The first kappa shape index (κ1) is 24.7. The third-order valence-electron chi connectivity index (χ3n) is 7.50. The number of hydrogen-bond donors (Lipinski definition) is 1. The highest BCUT2D eigenvalue weighted by Gasteiger charge is 2.37. The molecular weight excluding hydrogens is 418 g/mol. The second kappa shape index (κ2) is 10.9. The summed E-state index contributed by atoms with van der Waals surface area (Å²) in [5, 5.41) is 8.18. The molecule has 0 radical (unpaired) electrons. The summed E-state index contributed by atoms with van der Waals surface area (Å²) in [5.74, 6) is 0. The van der Waals surface area contributed by atoms with Crippen LogP contribution in [0.15, 0.2) is 36.4 Å². The Kier molecular flexibility index (Phi) is 7.90. The lowest BCUT2D eigenvalue weighted by Gasteiger charge is -2.43. The molecule has 2 heterocycles. The Labute approximate surface area is 205 Å². The van der Waals surface area contributed by atoms with E-state index in [4.69, 9.17) is 9.84 Å². The van der Waals surface area contributed by atoms with E-state index in [2.05, 4.69) is 87.9 Å². The summed E-state index contributed by atoms with van der Waals surface area (Å²) in [7, 11) is 0. The number of ether oxygens (including phenoxy) is 1. The van der Waals surface area contributed by atoms with Crippen molar-refractivity contribution >= 4 is 0 Å². The van der Waals surface area contributed by atoms with Crippen molar-refractivity contribution in [2.75, 3.05) is 13.2 Å². The highest BCUT2D eigenvalue weighted by Crippen LogP contribution is 2.41. The molecule has 1 aliphatic heterocycles. The van der Waals surface area contributed by atoms with E-state index in [0.29, 0.717) is 6.04 Å². The van der Waals surface area contributed by atoms with Gasteiger partial charge in [-0.15, -0.1) is 0 Å². The van der Waals surface area contributed by atoms with E-state index in [0.717, 1.165) is 45.4 Å². The molecule has 3 aromatic rings. The summed E-state index contributed by atoms with van der Waals surface area (Å²) >= 11 is 0. The van der Waals surface area contributed by atoms with Crippen LogP contribution in [0.3, 0.4) is 0 Å². The highest BCUT2D eigenvalue weighted by atomic mass is 16.5. The van der Waals surface area contributed by atoms with Gasteiger partial charge in [0.2, 0.25) is 0 Å². The van der Waals surface area contributed by atoms with Gasteiger partial charge in [-0.25, -0.2) is 0 Å². The lowest BCUT2D eigenvalue weighted by Crippen LogP contribution is -2.46. The van der Waals surface area contributed by atoms with Gasteiger partial charge in [0.1, 0.15) is 0 Å². The van der Waals surface area contributed by atoms with Crippen molar-refractivity contribution in [2.24, 2.45) is 0 Å². The minimum Gasteiger partial charge on any atom is -0.380 e. The average Bonchev–Trinajstić information content (AvgIpc) is 3.27. The summed E-state index contributed by atoms with van der Waals surface area (Å²) in [5.41, 5.74) is 12.3. The molecule has 182 valence electrons. The topological polar surface area (TPSA) is 41.1 Å². The van der Waals surface area contributed by atoms with Crippen LogP contribution in [-0.4, -0.2) is 34.4 Å². The van der Waals surface area contributed by atoms with Crippen LogP contribution in [0.5, 0.6) is 0 Å². The van der Waals surface area contributed by atoms with Gasteiger partial charge in [-0.1, -0.05) is 57.2 Å². The van der Waals surface area contributed by atoms with Gasteiger partial charge < -0.3 is 4.74 Å². The molecule has 0 amide bonds. The fraction of sp³-hybridized carbons (Fsp3) is 0.500. The number of aryl methyl sites for hydroxylation is 5. The second-order valence-corrected chi connectivity index (χ2v) is 9.63. The zero-order valence-corrected chi connectivity index (χ0v) is 21.9. The van der Waals surface area contributed by atoms with Crippen LogP contribution < -0.4 is 0 Å². The van der Waals surface area contributed by atoms with E-state index in [1.165, 1.54) is 50.3 Å². The summed E-state index contributed by atoms with van der Waals surface area (Å²) in [4.78, 5) is 2.71. The van der Waals surface area contributed by atoms with E-state index in [-0.39, 0.29) is 6.04 Å². The monoisotopic (exact) mass is 459 g/mol. The Morgan fingerprint density at radius 1 is 0.971 bits per heavy atom. The van der Waals surface area contributed by atoms with Gasteiger partial charge >= 0.3 is 0 Å². The normalized spacial score (nSPS) is 17.1. The van der Waals surface area contributed by atoms with Gasteiger partial charge in [-0.3, -0.25) is 10.00 Å². The Morgan fingerprint density at radius 2 is 1.68 bits per heavy atom. The molecule has 0 saturated heterocycles. The van der Waals surface area contributed by atoms with Gasteiger partial charge in [-0.2, -0.15) is 5.10 Å². The van der Waals surface area contributed by atoms with Crippen LogP contribution in [-0.2, 0) is 37.0 Å². The standard InChI is InChI=1S/C30H41N3O/c1-7-22-15-20(5)28(21(6)16-22)30(29-26(8-2)31-32-27(29)9-3)33-18-24-14-12-11-13-23(24)17-25(33)19-34-10-4/h11-16,25,30H,7-10,17-19H2,1-6H3,(H,31,32)/t25-,30?/m1/s1. The van der Waals surface area contributed by atoms with Crippen LogP contribution >= 0.6 is 0 Å². The van der Waals surface area contributed by atoms with Crippen LogP contribution in [0.2, 0.25) is 0 Å². The molecule has 0 bridgehead atoms. The Balaban J connectivity index is 1.93. The van der Waals surface area contributed by atoms with Gasteiger partial charge in [0.25, 0.3) is 0 Å². The van der Waals surface area contributed by atoms with E-state index in [9.17, 15) is 0 Å². The number of nitrogens with one attached hydrogen (secondary N) is 1. The molecule has 34 heavy (non-hydrogen) atoms. The van der Waals surface area contributed by atoms with Gasteiger partial charge in [0.15, 0.2) is 0 Å². The fourth-order valence-electron chi connectivity index (χ4n) is 5.79. The van der Waals surface area contributed by atoms with Crippen molar-refractivity contribution in [2.45, 2.75) is 85.9 Å². The van der Waals surface area contributed by atoms with Crippen molar-refractivity contribution in [3.63, 3.8) is 0 Å². The molecule has 4 heteroatoms. The molecule has 1 unspecified atom stereocenters. The molecule has 4 nitrogen and oxygen atoms in total. The van der Waals surface area contributed by atoms with E-state index < -0.39 is 0 Å². The number of rotatable bonds is 9. The molecule has 2 atom stereocenters. The smallest absolute Gasteiger partial charge is 0.0673 e. The largest absolute Gasteiger partial charge is 0.380 e. The third kappa shape index (κ3) is 4.71. The average molecular weight is 460 g/mol. The molecule has 0 aliphatic carbocycles. The number of H-pyrrole nitrogens is 1. The molecule has 4 rings (SSSR count). The molecule has 0 fully saturated rings. The van der Waals surface area contributed by atoms with Gasteiger partial charge in [-0.05, 0) is 79.8 Å². The number of fused-ring (bicyclic) bond motifs is 1. The number of nitrogens with zero attached hydrogens (tertiary/aromatic N) is 2. The summed E-state index contributed by atoms with van der Waals surface area (Å²) in [6.45, 7) is 15.8. The Bertz CT molecular complexity index is 1070. The first-order valence-electron chi connectivity index (χ1n) is 13.1. The Hall–Kier alpha value is -2.43. The quantitative estimate of drug-likeness (QED) is 0.410. The predicted molar refractivity (Wildman–Crippen MR) is 140 cm³/mol. The van der Waals surface area contributed by atoms with E-state index >= 15 is 0 Å². The predicted octanol–water partition coefficient (Wildman–Crippen LogP) is 6.27. The fourth-order valence-corrected chi connectivity index (χ4v) is 5.79. The van der Waals surface area contributed by atoms with Crippen molar-refractivity contribution < 1.29 is 4.74 Å². The number of benzene rings is 2. The van der Waals surface area contributed by atoms with Crippen LogP contribution in [0.25, 0.3) is 0 Å². The number of hydrogen-bond acceptors (Lipinski definition) is 3. The SMILES string of the molecule is CCOC[C@H]1Cc2ccccc2CN1C(c1c(C)cc(CC)cc1C)c1c(CC)n[nH]c1CC. The minimum absolute atomic E-state index is 0.147. The van der Waals surface area contributed by atoms with Crippen molar-refractivity contribution in [1.29, 1.82) is 0 Å². The maximum Gasteiger partial charge on any atom is 0.0673 e. The lowest BCUT2D eigenvalue weighted by atomic mass is 9.83. The van der Waals surface area contributed by atoms with E-state index in [1.54, 1.807) is 0 Å². The Morgan fingerprint density at radius 3 is 2.29 bits per heavy atom. The van der Waals surface area contributed by atoms with Crippen LogP contribution in [0.4, 0.5) is 0 Å².